The number of rotatable bonds is 4. The maximum absolute atomic E-state index is 13.1. The Hall–Kier alpha value is -1.73. The van der Waals surface area contributed by atoms with Crippen LogP contribution in [-0.4, -0.2) is 42.8 Å². The van der Waals surface area contributed by atoms with Crippen LogP contribution in [0.5, 0.6) is 0 Å². The fourth-order valence-electron chi connectivity index (χ4n) is 3.13. The van der Waals surface area contributed by atoms with E-state index in [1.807, 2.05) is 11.9 Å². The monoisotopic (exact) mass is 332 g/mol. The molecule has 0 radical (unpaired) electrons. The van der Waals surface area contributed by atoms with Gasteiger partial charge < -0.3 is 14.7 Å². The van der Waals surface area contributed by atoms with Crippen molar-refractivity contribution in [2.24, 2.45) is 16.8 Å². The Kier molecular flexibility index (Phi) is 5.90. The van der Waals surface area contributed by atoms with Crippen LogP contribution in [0.1, 0.15) is 31.4 Å². The molecule has 1 saturated carbocycles. The summed E-state index contributed by atoms with van der Waals surface area (Å²) in [5, 5.41) is 6.89. The molecule has 1 aromatic rings. The largest absolute Gasteiger partial charge is 0.392 e. The minimum absolute atomic E-state index is 0.225. The van der Waals surface area contributed by atoms with E-state index in [0.29, 0.717) is 25.3 Å². The SMILES string of the molecule is CN=C(NCC1CCCCC1C(F)(F)F)N(C)Cc1ccon1. The first-order valence-electron chi connectivity index (χ1n) is 7.79. The molecule has 1 aliphatic carbocycles. The summed E-state index contributed by atoms with van der Waals surface area (Å²) in [6.45, 7) is 0.754. The van der Waals surface area contributed by atoms with E-state index in [1.165, 1.54) is 6.26 Å². The van der Waals surface area contributed by atoms with E-state index >= 15 is 0 Å². The molecule has 130 valence electrons. The molecule has 0 aromatic carbocycles. The van der Waals surface area contributed by atoms with Gasteiger partial charge in [-0.3, -0.25) is 4.99 Å². The van der Waals surface area contributed by atoms with E-state index in [-0.39, 0.29) is 13.0 Å². The Morgan fingerprint density at radius 3 is 2.78 bits per heavy atom. The van der Waals surface area contributed by atoms with Crippen molar-refractivity contribution in [2.45, 2.75) is 38.4 Å². The van der Waals surface area contributed by atoms with Gasteiger partial charge in [-0.05, 0) is 18.8 Å². The van der Waals surface area contributed by atoms with Crippen molar-refractivity contribution in [1.82, 2.24) is 15.4 Å². The summed E-state index contributed by atoms with van der Waals surface area (Å²) >= 11 is 0. The summed E-state index contributed by atoms with van der Waals surface area (Å²) in [4.78, 5) is 5.94. The lowest BCUT2D eigenvalue weighted by Crippen LogP contribution is -2.44. The van der Waals surface area contributed by atoms with Crippen molar-refractivity contribution >= 4 is 5.96 Å². The number of halogens is 3. The van der Waals surface area contributed by atoms with Crippen LogP contribution in [0.15, 0.2) is 21.8 Å². The minimum atomic E-state index is -4.12. The predicted molar refractivity (Wildman–Crippen MR) is 80.8 cm³/mol. The van der Waals surface area contributed by atoms with Crippen molar-refractivity contribution in [3.63, 3.8) is 0 Å². The molecular weight excluding hydrogens is 309 g/mol. The first-order chi connectivity index (χ1) is 10.9. The van der Waals surface area contributed by atoms with E-state index in [0.717, 1.165) is 12.1 Å². The molecule has 1 heterocycles. The molecule has 23 heavy (non-hydrogen) atoms. The second-order valence-electron chi connectivity index (χ2n) is 5.97. The van der Waals surface area contributed by atoms with Crippen LogP contribution >= 0.6 is 0 Å². The van der Waals surface area contributed by atoms with Crippen LogP contribution in [0.3, 0.4) is 0 Å². The van der Waals surface area contributed by atoms with Crippen LogP contribution < -0.4 is 5.32 Å². The molecule has 1 N–H and O–H groups in total. The average Bonchev–Trinajstić information content (AvgIpc) is 3.00. The Morgan fingerprint density at radius 2 is 2.17 bits per heavy atom. The molecule has 0 amide bonds. The third kappa shape index (κ3) is 4.87. The van der Waals surface area contributed by atoms with Crippen LogP contribution in [0.25, 0.3) is 0 Å². The van der Waals surface area contributed by atoms with E-state index in [2.05, 4.69) is 15.5 Å². The van der Waals surface area contributed by atoms with Gasteiger partial charge in [-0.1, -0.05) is 18.0 Å². The van der Waals surface area contributed by atoms with Crippen molar-refractivity contribution in [1.29, 1.82) is 0 Å². The summed E-state index contributed by atoms with van der Waals surface area (Å²) in [6.07, 6.45) is -0.309. The van der Waals surface area contributed by atoms with E-state index < -0.39 is 18.0 Å². The highest BCUT2D eigenvalue weighted by molar-refractivity contribution is 5.79. The number of nitrogens with one attached hydrogen (secondary N) is 1. The molecule has 0 spiro atoms. The number of aliphatic imine (C=N–C) groups is 1. The van der Waals surface area contributed by atoms with Crippen LogP contribution in [0.2, 0.25) is 0 Å². The van der Waals surface area contributed by atoms with E-state index in [9.17, 15) is 13.2 Å². The molecule has 8 heteroatoms. The molecule has 2 rings (SSSR count). The molecule has 0 bridgehead atoms. The highest BCUT2D eigenvalue weighted by atomic mass is 19.4. The lowest BCUT2D eigenvalue weighted by molar-refractivity contribution is -0.195. The van der Waals surface area contributed by atoms with Gasteiger partial charge in [0.2, 0.25) is 0 Å². The molecule has 0 saturated heterocycles. The van der Waals surface area contributed by atoms with Crippen LogP contribution in [0.4, 0.5) is 13.2 Å². The molecule has 1 aromatic heterocycles. The van der Waals surface area contributed by atoms with Crippen molar-refractivity contribution in [3.05, 3.63) is 18.0 Å². The Labute approximate surface area is 133 Å². The van der Waals surface area contributed by atoms with Gasteiger partial charge in [-0.15, -0.1) is 0 Å². The van der Waals surface area contributed by atoms with Gasteiger partial charge in [0.1, 0.15) is 12.0 Å². The number of nitrogens with zero attached hydrogens (tertiary/aromatic N) is 3. The number of alkyl halides is 3. The second kappa shape index (κ2) is 7.70. The third-order valence-corrected chi connectivity index (χ3v) is 4.32. The molecule has 5 nitrogen and oxygen atoms in total. The summed E-state index contributed by atoms with van der Waals surface area (Å²) in [6, 6.07) is 1.74. The molecular formula is C15H23F3N4O. The lowest BCUT2D eigenvalue weighted by atomic mass is 9.79. The third-order valence-electron chi connectivity index (χ3n) is 4.32. The standard InChI is InChI=1S/C15H23F3N4O/c1-19-14(22(2)10-12-7-8-23-21-12)20-9-11-5-3-4-6-13(11)15(16,17)18/h7-8,11,13H,3-6,9-10H2,1-2H3,(H,19,20). The molecule has 2 unspecified atom stereocenters. The molecule has 1 fully saturated rings. The smallest absolute Gasteiger partial charge is 0.364 e. The Balaban J connectivity index is 1.91. The van der Waals surface area contributed by atoms with Gasteiger partial charge in [-0.25, -0.2) is 0 Å². The fourth-order valence-corrected chi connectivity index (χ4v) is 3.13. The summed E-state index contributed by atoms with van der Waals surface area (Å²) in [7, 11) is 3.43. The first kappa shape index (κ1) is 17.6. The van der Waals surface area contributed by atoms with Gasteiger partial charge in [-0.2, -0.15) is 13.2 Å². The zero-order valence-electron chi connectivity index (χ0n) is 13.4. The maximum atomic E-state index is 13.1. The van der Waals surface area contributed by atoms with Crippen molar-refractivity contribution < 1.29 is 17.7 Å². The van der Waals surface area contributed by atoms with Gasteiger partial charge in [0.25, 0.3) is 0 Å². The molecule has 1 aliphatic rings. The van der Waals surface area contributed by atoms with E-state index in [1.54, 1.807) is 13.1 Å². The van der Waals surface area contributed by atoms with Crippen molar-refractivity contribution in [3.8, 4) is 0 Å². The zero-order chi connectivity index (χ0) is 16.9. The number of aromatic nitrogens is 1. The maximum Gasteiger partial charge on any atom is 0.392 e. The van der Waals surface area contributed by atoms with Gasteiger partial charge in [0.05, 0.1) is 12.5 Å². The summed E-state index contributed by atoms with van der Waals surface area (Å²) in [5.74, 6) is -1.07. The minimum Gasteiger partial charge on any atom is -0.364 e. The number of guanidine groups is 1. The first-order valence-corrected chi connectivity index (χ1v) is 7.79. The topological polar surface area (TPSA) is 53.7 Å². The Morgan fingerprint density at radius 1 is 1.43 bits per heavy atom. The fraction of sp³-hybridized carbons (Fsp3) is 0.733. The van der Waals surface area contributed by atoms with Crippen LogP contribution in [-0.2, 0) is 6.54 Å². The highest BCUT2D eigenvalue weighted by Crippen LogP contribution is 2.41. The normalized spacial score (nSPS) is 22.9. The quantitative estimate of drug-likeness (QED) is 0.680. The van der Waals surface area contributed by atoms with E-state index in [4.69, 9.17) is 4.52 Å². The Bertz CT molecular complexity index is 501. The summed E-state index contributed by atoms with van der Waals surface area (Å²) in [5.41, 5.74) is 0.737. The summed E-state index contributed by atoms with van der Waals surface area (Å²) < 4.78 is 44.1. The van der Waals surface area contributed by atoms with Gasteiger partial charge >= 0.3 is 6.18 Å². The predicted octanol–water partition coefficient (Wildman–Crippen LogP) is 3.05. The van der Waals surface area contributed by atoms with Gasteiger partial charge in [0, 0.05) is 26.7 Å². The lowest BCUT2D eigenvalue weighted by Gasteiger charge is -2.34. The van der Waals surface area contributed by atoms with Gasteiger partial charge in [0.15, 0.2) is 5.96 Å². The average molecular weight is 332 g/mol. The van der Waals surface area contributed by atoms with Crippen molar-refractivity contribution in [2.75, 3.05) is 20.6 Å². The second-order valence-corrected chi connectivity index (χ2v) is 5.97. The number of hydrogen-bond acceptors (Lipinski definition) is 3. The number of hydrogen-bond donors (Lipinski definition) is 1. The molecule has 0 aliphatic heterocycles. The zero-order valence-corrected chi connectivity index (χ0v) is 13.4. The highest BCUT2D eigenvalue weighted by Gasteiger charge is 2.45. The van der Waals surface area contributed by atoms with Crippen LogP contribution in [0, 0.1) is 11.8 Å². The molecule has 2 atom stereocenters.